The van der Waals surface area contributed by atoms with Gasteiger partial charge in [-0.25, -0.2) is 4.79 Å². The molecule has 3 fully saturated rings. The van der Waals surface area contributed by atoms with Gasteiger partial charge in [0, 0.05) is 68.0 Å². The summed E-state index contributed by atoms with van der Waals surface area (Å²) in [6, 6.07) is -4.06. The number of phenols is 1. The molecule has 3 aliphatic heterocycles. The summed E-state index contributed by atoms with van der Waals surface area (Å²) in [7, 11) is 0. The van der Waals surface area contributed by atoms with E-state index < -0.39 is 192 Å². The molecular weight excluding hydrogens is 1490 g/mol. The number of benzene rings is 2. The molecular formula is C75H111N17O18S2. The number of likely N-dealkylation sites (tertiary alicyclic amines) is 3. The van der Waals surface area contributed by atoms with Crippen molar-refractivity contribution in [1.82, 2.24) is 78.2 Å². The van der Waals surface area contributed by atoms with Crippen LogP contribution in [0.25, 0.3) is 10.9 Å². The minimum absolute atomic E-state index is 0.0118. The van der Waals surface area contributed by atoms with Crippen molar-refractivity contribution >= 4 is 131 Å². The SMILES string of the molecule is CC(=O)N[C@H](C(=O)N1CCC[C@H]1C(=O)N[C@@H](CS)C(=O)N1CCC[C@H]1C(=O)N[C@@H](Cc1ccc(O)cc1)C(=O)N[C@@H](CC(C)C)C(=O)N1CCC[C@H]1C(=O)N[C@@H](CC(C)C)C(=O)N[C@@H](Cc1c[nH]c2ccccc12)C(=O)N[C@@H](CC(N)=O)C(=O)N[C@@H](CS)C(=O)N[C@@H](C)C(=O)NCC(=O)N[C@@H](CCCCN)C(=O)O)C(C)C. The Morgan fingerprint density at radius 2 is 1.00 bits per heavy atom. The first-order chi connectivity index (χ1) is 53.0. The van der Waals surface area contributed by atoms with Gasteiger partial charge in [0.2, 0.25) is 88.6 Å². The summed E-state index contributed by atoms with van der Waals surface area (Å²) in [4.78, 5) is 228. The predicted octanol–water partition coefficient (Wildman–Crippen LogP) is -1.67. The molecule has 3 aliphatic rings. The molecule has 616 valence electrons. The number of carboxylic acid groups (broad SMARTS) is 1. The maximum Gasteiger partial charge on any atom is 0.326 e. The average Bonchev–Trinajstić information content (AvgIpc) is 1.55. The molecule has 6 rings (SSSR count). The molecule has 37 heteroatoms. The van der Waals surface area contributed by atoms with Crippen molar-refractivity contribution in [3.05, 3.63) is 65.9 Å². The second-order valence-electron chi connectivity index (χ2n) is 29.8. The number of fused-ring (bicyclic) bond motifs is 1. The molecule has 0 saturated carbocycles. The first-order valence-electron chi connectivity index (χ1n) is 38.0. The number of H-pyrrole nitrogens is 1. The van der Waals surface area contributed by atoms with E-state index in [4.69, 9.17) is 11.5 Å². The lowest BCUT2D eigenvalue weighted by Gasteiger charge is -2.33. The van der Waals surface area contributed by atoms with Crippen LogP contribution in [0.4, 0.5) is 0 Å². The lowest BCUT2D eigenvalue weighted by Crippen LogP contribution is -2.61. The molecule has 4 heterocycles. The Morgan fingerprint density at radius 3 is 1.53 bits per heavy atom. The van der Waals surface area contributed by atoms with E-state index >= 15 is 4.79 Å². The number of carbonyl (C=O) groups is 16. The number of aromatic amines is 1. The molecule has 0 unspecified atom stereocenters. The summed E-state index contributed by atoms with van der Waals surface area (Å²) in [5, 5.41) is 48.9. The van der Waals surface area contributed by atoms with Crippen molar-refractivity contribution in [2.75, 3.05) is 44.2 Å². The van der Waals surface area contributed by atoms with Crippen LogP contribution >= 0.6 is 25.3 Å². The van der Waals surface area contributed by atoms with Gasteiger partial charge in [0.15, 0.2) is 0 Å². The average molecular weight is 1600 g/mol. The zero-order valence-electron chi connectivity index (χ0n) is 64.6. The number of aliphatic carboxylic acids is 1. The van der Waals surface area contributed by atoms with E-state index in [1.54, 1.807) is 70.3 Å². The highest BCUT2D eigenvalue weighted by molar-refractivity contribution is 7.80. The van der Waals surface area contributed by atoms with Crippen molar-refractivity contribution in [3.63, 3.8) is 0 Å². The van der Waals surface area contributed by atoms with E-state index in [2.05, 4.69) is 88.7 Å². The summed E-state index contributed by atoms with van der Waals surface area (Å²) < 4.78 is 0. The standard InChI is InChI=1S/C75H111N17O18S2/c1-39(2)30-50(64(98)83-52(33-45-35-78-48-17-10-9-16-47(45)48)66(100)84-53(34-60(77)95)67(101)88-55(37-111)68(102)80-42(7)63(97)79-36-61(96)82-49(75(109)110)18-11-12-26-76)85-69(103)57-19-13-27-90(57)72(106)54(31-40(3)4)87-65(99)51(32-44-22-24-46(94)25-23-44)86-70(104)58-20-14-28-91(58)73(107)56(38-112)89-71(105)59-21-15-29-92(59)74(108)62(41(5)6)81-43(8)93/h9-10,16-17,22-25,35,39-42,49-59,62,78,94,111-112H,11-15,18-21,26-34,36-38,76H2,1-8H3,(H2,77,95)(H,79,97)(H,80,102)(H,81,93)(H,82,96)(H,83,98)(H,84,100)(H,85,103)(H,86,104)(H,87,99)(H,88,101)(H,89,105)(H,109,110)/t42-,49-,50-,51-,52-,53-,54-,55-,56-,57-,58-,59-,62-/m0/s1. The van der Waals surface area contributed by atoms with Crippen LogP contribution in [0.15, 0.2) is 54.7 Å². The smallest absolute Gasteiger partial charge is 0.326 e. The number of para-hydroxylation sites is 1. The molecule has 0 radical (unpaired) electrons. The number of nitrogens with two attached hydrogens (primary N) is 2. The molecule has 0 bridgehead atoms. The Kier molecular flexibility index (Phi) is 35.4. The van der Waals surface area contributed by atoms with Crippen LogP contribution < -0.4 is 70.0 Å². The summed E-state index contributed by atoms with van der Waals surface area (Å²) in [6.45, 7) is 13.3. The summed E-state index contributed by atoms with van der Waals surface area (Å²) >= 11 is 8.62. The molecule has 0 spiro atoms. The Labute approximate surface area is 661 Å². The third-order valence-electron chi connectivity index (χ3n) is 19.6. The van der Waals surface area contributed by atoms with E-state index in [0.29, 0.717) is 67.1 Å². The van der Waals surface area contributed by atoms with Gasteiger partial charge in [-0.15, -0.1) is 0 Å². The first-order valence-corrected chi connectivity index (χ1v) is 39.3. The molecule has 3 saturated heterocycles. The Bertz CT molecular complexity index is 3860. The number of rotatable bonds is 42. The van der Waals surface area contributed by atoms with E-state index in [1.165, 1.54) is 40.7 Å². The Balaban J connectivity index is 1.17. The highest BCUT2D eigenvalue weighted by Crippen LogP contribution is 2.26. The van der Waals surface area contributed by atoms with Crippen molar-refractivity contribution in [3.8, 4) is 5.75 Å². The zero-order chi connectivity index (χ0) is 82.8. The lowest BCUT2D eigenvalue weighted by atomic mass is 9.99. The van der Waals surface area contributed by atoms with Crippen molar-refractivity contribution in [2.24, 2.45) is 29.2 Å². The van der Waals surface area contributed by atoms with Gasteiger partial charge >= 0.3 is 5.97 Å². The number of thiol groups is 2. The minimum atomic E-state index is -1.79. The first kappa shape index (κ1) is 90.8. The summed E-state index contributed by atoms with van der Waals surface area (Å²) in [5.74, 6) is -14.5. The number of phenolic OH excluding ortho intramolecular Hbond substituents is 1. The fraction of sp³-hybridized carbons (Fsp3) is 0.600. The molecule has 1 aromatic heterocycles. The van der Waals surface area contributed by atoms with E-state index in [1.807, 2.05) is 13.8 Å². The number of amides is 15. The molecule has 2 aromatic carbocycles. The van der Waals surface area contributed by atoms with Crippen LogP contribution in [-0.4, -0.2) is 247 Å². The van der Waals surface area contributed by atoms with Gasteiger partial charge in [-0.3, -0.25) is 71.9 Å². The number of hydrogen-bond donors (Lipinski definition) is 18. The lowest BCUT2D eigenvalue weighted by molar-refractivity contribution is -0.144. The van der Waals surface area contributed by atoms with Crippen molar-refractivity contribution < 1.29 is 86.9 Å². The normalized spacial score (nSPS) is 18.1. The van der Waals surface area contributed by atoms with Gasteiger partial charge in [0.05, 0.1) is 13.0 Å². The van der Waals surface area contributed by atoms with E-state index in [-0.39, 0.29) is 93.8 Å². The quantitative estimate of drug-likeness (QED) is 0.0223. The molecule has 112 heavy (non-hydrogen) atoms. The number of aromatic nitrogens is 1. The number of nitrogens with one attached hydrogen (secondary N) is 12. The molecule has 35 nitrogen and oxygen atoms in total. The maximum absolute atomic E-state index is 15.1. The number of aromatic hydroxyl groups is 1. The molecule has 0 aliphatic carbocycles. The second-order valence-corrected chi connectivity index (χ2v) is 30.6. The predicted molar refractivity (Wildman–Crippen MR) is 417 cm³/mol. The van der Waals surface area contributed by atoms with Gasteiger partial charge in [0.25, 0.3) is 0 Å². The third-order valence-corrected chi connectivity index (χ3v) is 20.3. The fourth-order valence-corrected chi connectivity index (χ4v) is 14.3. The molecule has 13 atom stereocenters. The number of primary amides is 1. The van der Waals surface area contributed by atoms with Crippen molar-refractivity contribution in [2.45, 2.75) is 224 Å². The largest absolute Gasteiger partial charge is 0.508 e. The molecule has 15 amide bonds. The van der Waals surface area contributed by atoms with Crippen LogP contribution in [0.3, 0.4) is 0 Å². The Hall–Kier alpha value is -10.0. The van der Waals surface area contributed by atoms with Crippen molar-refractivity contribution in [1.29, 1.82) is 0 Å². The number of nitrogens with zero attached hydrogens (tertiary/aromatic N) is 3. The minimum Gasteiger partial charge on any atom is -0.508 e. The number of unbranched alkanes of at least 4 members (excludes halogenated alkanes) is 1. The number of carbonyl (C=O) groups excluding carboxylic acids is 15. The molecule has 18 N–H and O–H groups in total. The fourth-order valence-electron chi connectivity index (χ4n) is 13.8. The number of carboxylic acids is 1. The van der Waals surface area contributed by atoms with Gasteiger partial charge in [-0.1, -0.05) is 71.9 Å². The van der Waals surface area contributed by atoms with Crippen LogP contribution in [-0.2, 0) is 89.6 Å². The van der Waals surface area contributed by atoms with Gasteiger partial charge in [-0.2, -0.15) is 25.3 Å². The van der Waals surface area contributed by atoms with Gasteiger partial charge in [-0.05, 0) is 131 Å². The number of hydrogen-bond acceptors (Lipinski definition) is 20. The summed E-state index contributed by atoms with van der Waals surface area (Å²) in [6.07, 6.45) is 3.19. The van der Waals surface area contributed by atoms with E-state index in [9.17, 15) is 82.1 Å². The van der Waals surface area contributed by atoms with E-state index in [0.717, 1.165) is 0 Å². The van der Waals surface area contributed by atoms with Crippen LogP contribution in [0, 0.1) is 17.8 Å². The second kappa shape index (κ2) is 43.7. The topological polar surface area (TPSA) is 523 Å². The van der Waals surface area contributed by atoms with Crippen LogP contribution in [0.2, 0.25) is 0 Å². The highest BCUT2D eigenvalue weighted by Gasteiger charge is 2.45. The highest BCUT2D eigenvalue weighted by atomic mass is 32.1. The Morgan fingerprint density at radius 1 is 0.527 bits per heavy atom. The van der Waals surface area contributed by atoms with Gasteiger partial charge < -0.3 is 99.8 Å². The van der Waals surface area contributed by atoms with Crippen LogP contribution in [0.5, 0.6) is 5.75 Å². The maximum atomic E-state index is 15.1. The van der Waals surface area contributed by atoms with Gasteiger partial charge in [0.1, 0.15) is 84.3 Å². The zero-order valence-corrected chi connectivity index (χ0v) is 66.4. The summed E-state index contributed by atoms with van der Waals surface area (Å²) in [5.41, 5.74) is 12.8. The monoisotopic (exact) mass is 1600 g/mol. The molecule has 3 aromatic rings. The van der Waals surface area contributed by atoms with Crippen LogP contribution in [0.1, 0.15) is 144 Å². The third kappa shape index (κ3) is 26.6.